The zero-order chi connectivity index (χ0) is 40.7. The Kier molecular flexibility index (Phi) is 34.9. The summed E-state index contributed by atoms with van der Waals surface area (Å²) >= 11 is 0. The summed E-state index contributed by atoms with van der Waals surface area (Å²) in [4.78, 5) is 45.8. The van der Waals surface area contributed by atoms with Gasteiger partial charge in [-0.3, -0.25) is 23.4 Å². The summed E-state index contributed by atoms with van der Waals surface area (Å²) in [5, 5.41) is 8.87. The third kappa shape index (κ3) is 37.1. The summed E-state index contributed by atoms with van der Waals surface area (Å²) in [5.74, 6) is -2.48. The number of esters is 2. The quantitative estimate of drug-likeness (QED) is 0.0241. The summed E-state index contributed by atoms with van der Waals surface area (Å²) in [6, 6.07) is -1.54. The second-order valence-electron chi connectivity index (χ2n) is 12.9. The molecule has 0 amide bonds. The smallest absolute Gasteiger partial charge is 0.472 e. The number of aliphatic carboxylic acids is 1. The molecule has 0 aromatic rings. The van der Waals surface area contributed by atoms with Gasteiger partial charge in [-0.15, -0.1) is 0 Å². The average molecular weight is 790 g/mol. The minimum absolute atomic E-state index is 0.103. The number of carboxylic acids is 1. The van der Waals surface area contributed by atoms with E-state index in [0.29, 0.717) is 12.8 Å². The van der Waals surface area contributed by atoms with E-state index in [9.17, 15) is 23.8 Å². The van der Waals surface area contributed by atoms with Crippen molar-refractivity contribution >= 4 is 25.7 Å². The van der Waals surface area contributed by atoms with Crippen molar-refractivity contribution < 1.29 is 47.5 Å². The van der Waals surface area contributed by atoms with Crippen molar-refractivity contribution in [3.8, 4) is 0 Å². The van der Waals surface area contributed by atoms with E-state index in [2.05, 4.69) is 54.8 Å². The molecule has 0 aliphatic heterocycles. The van der Waals surface area contributed by atoms with Crippen LogP contribution < -0.4 is 5.73 Å². The molecule has 0 heterocycles. The van der Waals surface area contributed by atoms with Gasteiger partial charge in [-0.1, -0.05) is 150 Å². The fourth-order valence-electron chi connectivity index (χ4n) is 4.61. The van der Waals surface area contributed by atoms with Crippen LogP contribution in [0, 0.1) is 0 Å². The first-order chi connectivity index (χ1) is 26.6. The molecule has 0 aliphatic rings. The van der Waals surface area contributed by atoms with Gasteiger partial charge in [-0.05, 0) is 57.8 Å². The molecule has 0 saturated carbocycles. The van der Waals surface area contributed by atoms with Crippen LogP contribution in [0.4, 0.5) is 0 Å². The number of phosphoric ester groups is 1. The van der Waals surface area contributed by atoms with Crippen LogP contribution in [0.2, 0.25) is 0 Å². The summed E-state index contributed by atoms with van der Waals surface area (Å²) < 4.78 is 32.5. The number of nitrogens with two attached hydrogens (primary N) is 1. The molecule has 0 fully saturated rings. The van der Waals surface area contributed by atoms with Crippen LogP contribution in [0.3, 0.4) is 0 Å². The van der Waals surface area contributed by atoms with Crippen molar-refractivity contribution in [2.45, 2.75) is 135 Å². The van der Waals surface area contributed by atoms with Crippen LogP contribution in [0.1, 0.15) is 123 Å². The largest absolute Gasteiger partial charge is 0.480 e. The van der Waals surface area contributed by atoms with Gasteiger partial charge < -0.3 is 25.2 Å². The number of hydrogen-bond donors (Lipinski definition) is 3. The van der Waals surface area contributed by atoms with Crippen molar-refractivity contribution in [1.82, 2.24) is 0 Å². The predicted octanol–water partition coefficient (Wildman–Crippen LogP) is 10.1. The van der Waals surface area contributed by atoms with Crippen molar-refractivity contribution in [2.75, 3.05) is 19.8 Å². The maximum absolute atomic E-state index is 12.6. The molecule has 0 spiro atoms. The van der Waals surface area contributed by atoms with Gasteiger partial charge in [0.1, 0.15) is 12.6 Å². The Morgan fingerprint density at radius 1 is 0.582 bits per heavy atom. The molecular weight excluding hydrogens is 721 g/mol. The molecule has 0 saturated heterocycles. The lowest BCUT2D eigenvalue weighted by Gasteiger charge is -2.20. The topological polar surface area (TPSA) is 172 Å². The highest BCUT2D eigenvalue weighted by Crippen LogP contribution is 2.43. The van der Waals surface area contributed by atoms with Gasteiger partial charge in [-0.2, -0.15) is 0 Å². The molecular formula is C43H68NO10P. The number of ether oxygens (including phenoxy) is 2. The first kappa shape index (κ1) is 51.4. The molecule has 3 atom stereocenters. The first-order valence-corrected chi connectivity index (χ1v) is 21.4. The number of hydrogen-bond acceptors (Lipinski definition) is 9. The van der Waals surface area contributed by atoms with Gasteiger partial charge in [-0.25, -0.2) is 4.57 Å². The molecule has 0 aliphatic carbocycles. The number of phosphoric acid groups is 1. The van der Waals surface area contributed by atoms with Crippen molar-refractivity contribution in [3.05, 3.63) is 97.2 Å². The van der Waals surface area contributed by atoms with Crippen molar-refractivity contribution in [1.29, 1.82) is 0 Å². The van der Waals surface area contributed by atoms with E-state index < -0.39 is 51.1 Å². The summed E-state index contributed by atoms with van der Waals surface area (Å²) in [7, 11) is -4.74. The fraction of sp³-hybridized carbons (Fsp3) is 0.558. The highest BCUT2D eigenvalue weighted by atomic mass is 31.2. The Hall–Kier alpha value is -3.60. The van der Waals surface area contributed by atoms with E-state index in [-0.39, 0.29) is 19.4 Å². The van der Waals surface area contributed by atoms with Crippen LogP contribution in [0.15, 0.2) is 97.2 Å². The normalized spacial score (nSPS) is 14.8. The van der Waals surface area contributed by atoms with E-state index in [1.807, 2.05) is 60.8 Å². The summed E-state index contributed by atoms with van der Waals surface area (Å²) in [6.45, 7) is 2.52. The van der Waals surface area contributed by atoms with Crippen LogP contribution in [-0.4, -0.2) is 59.9 Å². The van der Waals surface area contributed by atoms with Crippen LogP contribution in [0.25, 0.3) is 0 Å². The SMILES string of the molecule is CC/C=C/C=C/C=C/C=C/CCCCCC(=O)OC(COC(=O)CCCCCCC/C=C/C=C/C=C/C=C/CCCCC)COP(=O)(O)OC[C@@H](N)C(=O)O. The lowest BCUT2D eigenvalue weighted by molar-refractivity contribution is -0.161. The minimum atomic E-state index is -4.74. The second-order valence-corrected chi connectivity index (χ2v) is 14.3. The zero-order valence-corrected chi connectivity index (χ0v) is 34.1. The average Bonchev–Trinajstić information content (AvgIpc) is 3.16. The Morgan fingerprint density at radius 3 is 1.55 bits per heavy atom. The standard InChI is InChI=1S/C43H68NO10P/c1-3-5-7-9-11-13-15-17-18-19-20-21-23-24-26-28-30-32-34-41(45)51-36-39(37-52-55(49,50)53-38-40(44)43(47)48)54-42(46)35-33-31-29-27-25-22-16-14-12-10-8-6-4-2/h6,8,10-22,25,39-40H,3-5,7,9,23-24,26-38,44H2,1-2H3,(H,47,48)(H,49,50)/b8-6+,12-10+,13-11+,16-14+,17-15+,19-18+,21-20+,25-22+/t39?,40-/m1/s1. The molecule has 4 N–H and O–H groups in total. The molecule has 12 heteroatoms. The number of carbonyl (C=O) groups excluding carboxylic acids is 2. The highest BCUT2D eigenvalue weighted by molar-refractivity contribution is 7.47. The van der Waals surface area contributed by atoms with Gasteiger partial charge in [0.25, 0.3) is 0 Å². The maximum Gasteiger partial charge on any atom is 0.472 e. The Labute approximate surface area is 330 Å². The number of allylic oxidation sites excluding steroid dienone is 16. The minimum Gasteiger partial charge on any atom is -0.480 e. The third-order valence-corrected chi connectivity index (χ3v) is 8.71. The first-order valence-electron chi connectivity index (χ1n) is 19.9. The number of carboxylic acid groups (broad SMARTS) is 1. The Morgan fingerprint density at radius 2 is 1.02 bits per heavy atom. The summed E-state index contributed by atoms with van der Waals surface area (Å²) in [5.41, 5.74) is 5.31. The highest BCUT2D eigenvalue weighted by Gasteiger charge is 2.28. The monoisotopic (exact) mass is 789 g/mol. The number of rotatable bonds is 35. The molecule has 0 bridgehead atoms. The zero-order valence-electron chi connectivity index (χ0n) is 33.2. The third-order valence-electron chi connectivity index (χ3n) is 7.76. The van der Waals surface area contributed by atoms with Crippen LogP contribution in [0.5, 0.6) is 0 Å². The molecule has 0 rings (SSSR count). The molecule has 55 heavy (non-hydrogen) atoms. The lowest BCUT2D eigenvalue weighted by atomic mass is 10.1. The molecule has 0 aromatic carbocycles. The molecule has 2 unspecified atom stereocenters. The Bertz CT molecular complexity index is 1300. The number of unbranched alkanes of at least 4 members (excludes halogenated alkanes) is 11. The Balaban J connectivity index is 4.54. The molecule has 310 valence electrons. The van der Waals surface area contributed by atoms with E-state index in [4.69, 9.17) is 24.8 Å². The van der Waals surface area contributed by atoms with Gasteiger partial charge in [0.2, 0.25) is 0 Å². The van der Waals surface area contributed by atoms with Crippen LogP contribution in [-0.2, 0) is 37.5 Å². The molecule has 0 radical (unpaired) electrons. The van der Waals surface area contributed by atoms with Gasteiger partial charge >= 0.3 is 25.7 Å². The van der Waals surface area contributed by atoms with E-state index in [1.165, 1.54) is 19.3 Å². The lowest BCUT2D eigenvalue weighted by Crippen LogP contribution is -2.34. The van der Waals surface area contributed by atoms with Gasteiger partial charge in [0.05, 0.1) is 13.2 Å². The van der Waals surface area contributed by atoms with Crippen molar-refractivity contribution in [3.63, 3.8) is 0 Å². The molecule has 0 aromatic heterocycles. The van der Waals surface area contributed by atoms with E-state index in [1.54, 1.807) is 0 Å². The van der Waals surface area contributed by atoms with Gasteiger partial charge in [0, 0.05) is 12.8 Å². The maximum atomic E-state index is 12.6. The fourth-order valence-corrected chi connectivity index (χ4v) is 5.39. The van der Waals surface area contributed by atoms with Crippen LogP contribution >= 0.6 is 7.82 Å². The van der Waals surface area contributed by atoms with Crippen molar-refractivity contribution in [2.24, 2.45) is 5.73 Å². The number of carbonyl (C=O) groups is 3. The van der Waals surface area contributed by atoms with E-state index >= 15 is 0 Å². The predicted molar refractivity (Wildman–Crippen MR) is 221 cm³/mol. The second kappa shape index (κ2) is 37.3. The molecule has 11 nitrogen and oxygen atoms in total. The van der Waals surface area contributed by atoms with E-state index in [0.717, 1.165) is 64.2 Å². The summed E-state index contributed by atoms with van der Waals surface area (Å²) in [6.07, 6.45) is 46.2. The van der Waals surface area contributed by atoms with Gasteiger partial charge in [0.15, 0.2) is 6.10 Å².